The first-order chi connectivity index (χ1) is 9.31. The van der Waals surface area contributed by atoms with Gasteiger partial charge < -0.3 is 5.21 Å². The zero-order valence-electron chi connectivity index (χ0n) is 11.0. The molecule has 0 saturated carbocycles. The Hall–Kier alpha value is -2.09. The number of hydrogen-bond donors (Lipinski definition) is 1. The number of rotatable bonds is 1. The number of oxime groups is 1. The average Bonchev–Trinajstić information content (AvgIpc) is 2.47. The molecular weight excluding hydrogens is 234 g/mol. The summed E-state index contributed by atoms with van der Waals surface area (Å²) in [5, 5.41) is 12.7. The number of nitrogens with zero attached hydrogens (tertiary/aromatic N) is 1. The van der Waals surface area contributed by atoms with Crippen molar-refractivity contribution in [3.8, 4) is 0 Å². The molecule has 0 aliphatic heterocycles. The van der Waals surface area contributed by atoms with E-state index in [1.807, 2.05) is 6.07 Å². The van der Waals surface area contributed by atoms with Gasteiger partial charge in [0.1, 0.15) is 0 Å². The van der Waals surface area contributed by atoms with Gasteiger partial charge in [0.05, 0.1) is 5.71 Å². The Kier molecular flexibility index (Phi) is 3.08. The lowest BCUT2D eigenvalue weighted by atomic mass is 9.76. The van der Waals surface area contributed by atoms with Crippen LogP contribution in [0.5, 0.6) is 0 Å². The summed E-state index contributed by atoms with van der Waals surface area (Å²) in [7, 11) is 0. The Morgan fingerprint density at radius 1 is 1.05 bits per heavy atom. The summed E-state index contributed by atoms with van der Waals surface area (Å²) >= 11 is 0. The van der Waals surface area contributed by atoms with Gasteiger partial charge in [-0.1, -0.05) is 53.7 Å². The van der Waals surface area contributed by atoms with E-state index in [-0.39, 0.29) is 0 Å². The van der Waals surface area contributed by atoms with Crippen molar-refractivity contribution in [3.05, 3.63) is 70.8 Å². The van der Waals surface area contributed by atoms with Crippen LogP contribution < -0.4 is 0 Å². The second kappa shape index (κ2) is 4.88. The summed E-state index contributed by atoms with van der Waals surface area (Å²) in [5.41, 5.74) is 5.76. The van der Waals surface area contributed by atoms with Crippen LogP contribution in [0.25, 0.3) is 0 Å². The molecule has 2 aromatic rings. The zero-order chi connectivity index (χ0) is 13.2. The number of benzene rings is 2. The van der Waals surface area contributed by atoms with Crippen LogP contribution in [0.3, 0.4) is 0 Å². The Morgan fingerprint density at radius 2 is 1.84 bits per heavy atom. The van der Waals surface area contributed by atoms with E-state index in [2.05, 4.69) is 54.5 Å². The van der Waals surface area contributed by atoms with Crippen LogP contribution in [0.1, 0.15) is 41.0 Å². The number of aryl methyl sites for hydroxylation is 1. The first-order valence-corrected chi connectivity index (χ1v) is 6.67. The van der Waals surface area contributed by atoms with Crippen LogP contribution in [-0.2, 0) is 0 Å². The van der Waals surface area contributed by atoms with E-state index in [9.17, 15) is 5.21 Å². The molecule has 0 heterocycles. The quantitative estimate of drug-likeness (QED) is 0.600. The van der Waals surface area contributed by atoms with Crippen LogP contribution in [-0.4, -0.2) is 10.9 Å². The zero-order valence-corrected chi connectivity index (χ0v) is 11.0. The SMILES string of the molecule is Cc1cccc2c1/C(=N\O)CC[C@H]2c1ccccc1. The maximum absolute atomic E-state index is 9.21. The molecule has 0 fully saturated rings. The van der Waals surface area contributed by atoms with Crippen LogP contribution in [0.15, 0.2) is 53.7 Å². The maximum Gasteiger partial charge on any atom is 0.0873 e. The summed E-state index contributed by atoms with van der Waals surface area (Å²) in [4.78, 5) is 0. The van der Waals surface area contributed by atoms with E-state index in [0.29, 0.717) is 5.92 Å². The van der Waals surface area contributed by atoms with Gasteiger partial charge in [-0.25, -0.2) is 0 Å². The highest BCUT2D eigenvalue weighted by molar-refractivity contribution is 6.04. The molecule has 3 rings (SSSR count). The first-order valence-electron chi connectivity index (χ1n) is 6.67. The van der Waals surface area contributed by atoms with Gasteiger partial charge in [0.25, 0.3) is 0 Å². The third kappa shape index (κ3) is 2.03. The van der Waals surface area contributed by atoms with E-state index in [4.69, 9.17) is 0 Å². The summed E-state index contributed by atoms with van der Waals surface area (Å²) in [6, 6.07) is 16.9. The number of hydrogen-bond acceptors (Lipinski definition) is 2. The fraction of sp³-hybridized carbons (Fsp3) is 0.235. The minimum atomic E-state index is 0.404. The fourth-order valence-corrected chi connectivity index (χ4v) is 3.07. The van der Waals surface area contributed by atoms with Gasteiger partial charge in [-0.2, -0.15) is 0 Å². The molecule has 2 heteroatoms. The molecule has 19 heavy (non-hydrogen) atoms. The summed E-state index contributed by atoms with van der Waals surface area (Å²) < 4.78 is 0. The van der Waals surface area contributed by atoms with E-state index >= 15 is 0 Å². The Morgan fingerprint density at radius 3 is 2.58 bits per heavy atom. The molecule has 2 nitrogen and oxygen atoms in total. The normalized spacial score (nSPS) is 20.3. The van der Waals surface area contributed by atoms with Crippen molar-refractivity contribution in [2.45, 2.75) is 25.7 Å². The molecule has 0 radical (unpaired) electrons. The summed E-state index contributed by atoms with van der Waals surface area (Å²) in [6.45, 7) is 2.08. The minimum Gasteiger partial charge on any atom is -0.411 e. The van der Waals surface area contributed by atoms with Crippen molar-refractivity contribution in [1.82, 2.24) is 0 Å². The largest absolute Gasteiger partial charge is 0.411 e. The molecule has 1 aliphatic carbocycles. The van der Waals surface area contributed by atoms with Crippen molar-refractivity contribution < 1.29 is 5.21 Å². The molecule has 1 N–H and O–H groups in total. The van der Waals surface area contributed by atoms with Gasteiger partial charge in [0, 0.05) is 11.5 Å². The molecule has 0 amide bonds. The second-order valence-corrected chi connectivity index (χ2v) is 5.09. The lowest BCUT2D eigenvalue weighted by molar-refractivity contribution is 0.317. The lowest BCUT2D eigenvalue weighted by Crippen LogP contribution is -2.18. The molecule has 1 atom stereocenters. The van der Waals surface area contributed by atoms with Gasteiger partial charge in [-0.3, -0.25) is 0 Å². The van der Waals surface area contributed by atoms with E-state index in [0.717, 1.165) is 24.1 Å². The third-order valence-electron chi connectivity index (χ3n) is 3.96. The highest BCUT2D eigenvalue weighted by atomic mass is 16.4. The summed E-state index contributed by atoms with van der Waals surface area (Å²) in [5.74, 6) is 0.404. The van der Waals surface area contributed by atoms with E-state index < -0.39 is 0 Å². The highest BCUT2D eigenvalue weighted by Gasteiger charge is 2.26. The topological polar surface area (TPSA) is 32.6 Å². The lowest BCUT2D eigenvalue weighted by Gasteiger charge is -2.27. The molecule has 0 saturated heterocycles. The van der Waals surface area contributed by atoms with Crippen molar-refractivity contribution >= 4 is 5.71 Å². The molecule has 0 unspecified atom stereocenters. The van der Waals surface area contributed by atoms with E-state index in [1.165, 1.54) is 16.7 Å². The minimum absolute atomic E-state index is 0.404. The highest BCUT2D eigenvalue weighted by Crippen LogP contribution is 2.37. The third-order valence-corrected chi connectivity index (χ3v) is 3.96. The van der Waals surface area contributed by atoms with Crippen molar-refractivity contribution in [2.24, 2.45) is 5.16 Å². The fourth-order valence-electron chi connectivity index (χ4n) is 3.07. The molecule has 0 aromatic heterocycles. The Labute approximate surface area is 113 Å². The van der Waals surface area contributed by atoms with Crippen LogP contribution >= 0.6 is 0 Å². The van der Waals surface area contributed by atoms with Gasteiger partial charge in [-0.15, -0.1) is 0 Å². The maximum atomic E-state index is 9.21. The molecule has 96 valence electrons. The Balaban J connectivity index is 2.16. The number of fused-ring (bicyclic) bond motifs is 1. The summed E-state index contributed by atoms with van der Waals surface area (Å²) in [6.07, 6.45) is 1.83. The smallest absolute Gasteiger partial charge is 0.0873 e. The van der Waals surface area contributed by atoms with Gasteiger partial charge in [0.2, 0.25) is 0 Å². The van der Waals surface area contributed by atoms with Gasteiger partial charge in [0.15, 0.2) is 0 Å². The predicted octanol–water partition coefficient (Wildman–Crippen LogP) is 4.10. The first kappa shape index (κ1) is 12.0. The Bertz CT molecular complexity index is 616. The second-order valence-electron chi connectivity index (χ2n) is 5.09. The average molecular weight is 251 g/mol. The predicted molar refractivity (Wildman–Crippen MR) is 77.0 cm³/mol. The van der Waals surface area contributed by atoms with Crippen molar-refractivity contribution in [2.75, 3.05) is 0 Å². The standard InChI is InChI=1S/C17H17NO/c1-12-6-5-9-15-14(13-7-3-2-4-8-13)10-11-16(18-19)17(12)15/h2-9,14,19H,10-11H2,1H3/b18-16-/t14-/m0/s1. The molecule has 0 spiro atoms. The molecular formula is C17H17NO. The molecule has 1 aliphatic rings. The monoisotopic (exact) mass is 251 g/mol. The van der Waals surface area contributed by atoms with Gasteiger partial charge >= 0.3 is 0 Å². The van der Waals surface area contributed by atoms with Crippen LogP contribution in [0.4, 0.5) is 0 Å². The molecule has 0 bridgehead atoms. The van der Waals surface area contributed by atoms with Gasteiger partial charge in [-0.05, 0) is 36.5 Å². The molecule has 2 aromatic carbocycles. The van der Waals surface area contributed by atoms with E-state index in [1.54, 1.807) is 0 Å². The van der Waals surface area contributed by atoms with Crippen molar-refractivity contribution in [1.29, 1.82) is 0 Å². The van der Waals surface area contributed by atoms with Crippen molar-refractivity contribution in [3.63, 3.8) is 0 Å². The van der Waals surface area contributed by atoms with Crippen LogP contribution in [0, 0.1) is 6.92 Å². The van der Waals surface area contributed by atoms with Crippen LogP contribution in [0.2, 0.25) is 0 Å².